The first-order valence-electron chi connectivity index (χ1n) is 10.3. The molecule has 33 heavy (non-hydrogen) atoms. The van der Waals surface area contributed by atoms with Crippen LogP contribution in [0.25, 0.3) is 6.08 Å². The van der Waals surface area contributed by atoms with Crippen molar-refractivity contribution in [1.29, 1.82) is 0 Å². The molecule has 0 bridgehead atoms. The van der Waals surface area contributed by atoms with Gasteiger partial charge in [0.1, 0.15) is 12.4 Å². The van der Waals surface area contributed by atoms with Crippen molar-refractivity contribution in [3.63, 3.8) is 0 Å². The maximum absolute atomic E-state index is 12.1. The largest absolute Gasteiger partial charge is 0.493 e. The number of nitrogens with zero attached hydrogens (tertiary/aromatic N) is 1. The number of carbonyl (C=O) groups excluding carboxylic acids is 3. The van der Waals surface area contributed by atoms with Crippen LogP contribution in [0.3, 0.4) is 0 Å². The highest BCUT2D eigenvalue weighted by Gasteiger charge is 2.19. The molecule has 10 heteroatoms. The summed E-state index contributed by atoms with van der Waals surface area (Å²) in [6, 6.07) is 4.35. The number of urea groups is 1. The Balaban J connectivity index is 1.95. The first-order valence-corrected chi connectivity index (χ1v) is 10.3. The Kier molecular flexibility index (Phi) is 9.02. The zero-order valence-corrected chi connectivity index (χ0v) is 19.6. The molecule has 0 aliphatic rings. The number of benzene rings is 1. The summed E-state index contributed by atoms with van der Waals surface area (Å²) in [5.41, 5.74) is 2.28. The Morgan fingerprint density at radius 1 is 1.15 bits per heavy atom. The number of hydrogen-bond donors (Lipinski definition) is 2. The van der Waals surface area contributed by atoms with E-state index in [-0.39, 0.29) is 12.6 Å². The summed E-state index contributed by atoms with van der Waals surface area (Å²) >= 11 is 0. The van der Waals surface area contributed by atoms with E-state index < -0.39 is 24.0 Å². The Bertz CT molecular complexity index is 1010. The molecule has 3 amide bonds. The van der Waals surface area contributed by atoms with Gasteiger partial charge in [-0.2, -0.15) is 0 Å². The van der Waals surface area contributed by atoms with Crippen LogP contribution in [0.4, 0.5) is 4.79 Å². The molecule has 1 aromatic carbocycles. The van der Waals surface area contributed by atoms with Gasteiger partial charge >= 0.3 is 12.0 Å². The van der Waals surface area contributed by atoms with Crippen molar-refractivity contribution in [3.05, 3.63) is 46.9 Å². The second-order valence-corrected chi connectivity index (χ2v) is 7.53. The van der Waals surface area contributed by atoms with Gasteiger partial charge in [0.25, 0.3) is 5.91 Å². The first-order chi connectivity index (χ1) is 15.6. The first kappa shape index (κ1) is 25.4. The minimum Gasteiger partial charge on any atom is -0.493 e. The van der Waals surface area contributed by atoms with Gasteiger partial charge in [-0.25, -0.2) is 9.59 Å². The molecular formula is C23H29N3O7. The van der Waals surface area contributed by atoms with Crippen LogP contribution in [0.2, 0.25) is 0 Å². The molecule has 1 heterocycles. The Labute approximate surface area is 192 Å². The molecule has 0 aliphatic carbocycles. The lowest BCUT2D eigenvalue weighted by atomic mass is 10.2. The second-order valence-electron chi connectivity index (χ2n) is 7.53. The molecule has 0 spiro atoms. The molecule has 178 valence electrons. The molecule has 1 atom stereocenters. The van der Waals surface area contributed by atoms with Gasteiger partial charge in [-0.05, 0) is 58.4 Å². The van der Waals surface area contributed by atoms with Crippen molar-refractivity contribution in [2.24, 2.45) is 0 Å². The van der Waals surface area contributed by atoms with E-state index in [1.807, 2.05) is 13.8 Å². The normalized spacial score (nSPS) is 11.8. The highest BCUT2D eigenvalue weighted by atomic mass is 16.5. The summed E-state index contributed by atoms with van der Waals surface area (Å²) in [4.78, 5) is 35.6. The maximum Gasteiger partial charge on any atom is 0.331 e. The summed E-state index contributed by atoms with van der Waals surface area (Å²) in [6.07, 6.45) is 1.55. The Morgan fingerprint density at radius 3 is 2.48 bits per heavy atom. The summed E-state index contributed by atoms with van der Waals surface area (Å²) in [5.74, 6) is 0.215. The predicted molar refractivity (Wildman–Crippen MR) is 120 cm³/mol. The number of rotatable bonds is 9. The van der Waals surface area contributed by atoms with Crippen LogP contribution in [0.1, 0.15) is 43.4 Å². The average Bonchev–Trinajstić information content (AvgIpc) is 3.07. The van der Waals surface area contributed by atoms with E-state index in [4.69, 9.17) is 18.7 Å². The third-order valence-electron chi connectivity index (χ3n) is 4.47. The number of methoxy groups -OCH3 is 1. The van der Waals surface area contributed by atoms with Gasteiger partial charge in [-0.1, -0.05) is 11.2 Å². The quantitative estimate of drug-likeness (QED) is 0.432. The van der Waals surface area contributed by atoms with E-state index in [9.17, 15) is 14.4 Å². The van der Waals surface area contributed by atoms with Crippen LogP contribution in [0.5, 0.6) is 11.5 Å². The van der Waals surface area contributed by atoms with Crippen molar-refractivity contribution in [2.45, 2.75) is 53.4 Å². The molecule has 0 saturated carbocycles. The third-order valence-corrected chi connectivity index (χ3v) is 4.47. The molecule has 10 nitrogen and oxygen atoms in total. The van der Waals surface area contributed by atoms with Gasteiger partial charge in [-0.3, -0.25) is 10.1 Å². The number of aryl methyl sites for hydroxylation is 2. The van der Waals surface area contributed by atoms with Gasteiger partial charge in [0.05, 0.1) is 18.4 Å². The second kappa shape index (κ2) is 11.7. The van der Waals surface area contributed by atoms with Gasteiger partial charge in [0, 0.05) is 12.1 Å². The van der Waals surface area contributed by atoms with E-state index in [0.717, 1.165) is 11.3 Å². The number of aromatic nitrogens is 1. The lowest BCUT2D eigenvalue weighted by molar-refractivity contribution is -0.149. The van der Waals surface area contributed by atoms with Gasteiger partial charge in [-0.15, -0.1) is 0 Å². The van der Waals surface area contributed by atoms with E-state index in [1.165, 1.54) is 26.2 Å². The highest BCUT2D eigenvalue weighted by Crippen LogP contribution is 2.30. The third kappa shape index (κ3) is 7.67. The number of nitrogens with one attached hydrogen (secondary N) is 2. The van der Waals surface area contributed by atoms with Crippen LogP contribution in [0, 0.1) is 13.8 Å². The Hall–Kier alpha value is -3.82. The molecule has 0 saturated heterocycles. The van der Waals surface area contributed by atoms with Crippen LogP contribution in [-0.4, -0.2) is 42.3 Å². The fourth-order valence-electron chi connectivity index (χ4n) is 2.71. The maximum atomic E-state index is 12.1. The Morgan fingerprint density at radius 2 is 1.88 bits per heavy atom. The number of hydrogen-bond acceptors (Lipinski definition) is 8. The van der Waals surface area contributed by atoms with Gasteiger partial charge < -0.3 is 24.1 Å². The SMILES string of the molecule is COc1cc(/C=C/C(=O)OC(C)C(=O)NC(=O)NC(C)C)ccc1OCc1c(C)noc1C. The van der Waals surface area contributed by atoms with E-state index >= 15 is 0 Å². The lowest BCUT2D eigenvalue weighted by Gasteiger charge is -2.13. The van der Waals surface area contributed by atoms with Crippen LogP contribution in [0.15, 0.2) is 28.8 Å². The summed E-state index contributed by atoms with van der Waals surface area (Å²) in [6.45, 7) is 8.81. The molecule has 2 N–H and O–H groups in total. The van der Waals surface area contributed by atoms with E-state index in [0.29, 0.717) is 22.8 Å². The molecule has 1 unspecified atom stereocenters. The van der Waals surface area contributed by atoms with Crippen molar-refractivity contribution >= 4 is 24.0 Å². The standard InChI is InChI=1S/C23H29N3O7/c1-13(2)24-23(29)25-22(28)16(5)32-21(27)10-8-17-7-9-19(20(11-17)30-6)31-12-18-14(3)26-33-15(18)4/h7-11,13,16H,12H2,1-6H3,(H2,24,25,28,29)/b10-8+. The summed E-state index contributed by atoms with van der Waals surface area (Å²) < 4.78 is 21.4. The van der Waals surface area contributed by atoms with E-state index in [1.54, 1.807) is 32.0 Å². The molecule has 2 rings (SSSR count). The van der Waals surface area contributed by atoms with Crippen molar-refractivity contribution < 1.29 is 33.1 Å². The fraction of sp³-hybridized carbons (Fsp3) is 0.391. The smallest absolute Gasteiger partial charge is 0.331 e. The van der Waals surface area contributed by atoms with Gasteiger partial charge in [0.15, 0.2) is 17.6 Å². The van der Waals surface area contributed by atoms with Crippen LogP contribution in [-0.2, 0) is 20.9 Å². The minimum absolute atomic E-state index is 0.136. The average molecular weight is 459 g/mol. The predicted octanol–water partition coefficient (Wildman–Crippen LogP) is 3.06. The molecule has 0 radical (unpaired) electrons. The zero-order valence-electron chi connectivity index (χ0n) is 19.6. The molecule has 0 fully saturated rings. The number of carbonyl (C=O) groups is 3. The zero-order chi connectivity index (χ0) is 24.5. The number of esters is 1. The monoisotopic (exact) mass is 459 g/mol. The van der Waals surface area contributed by atoms with Gasteiger partial charge in [0.2, 0.25) is 0 Å². The summed E-state index contributed by atoms with van der Waals surface area (Å²) in [5, 5.41) is 8.52. The molecule has 0 aliphatic heterocycles. The fourth-order valence-corrected chi connectivity index (χ4v) is 2.71. The highest BCUT2D eigenvalue weighted by molar-refractivity contribution is 5.98. The summed E-state index contributed by atoms with van der Waals surface area (Å²) in [7, 11) is 1.51. The van der Waals surface area contributed by atoms with Crippen molar-refractivity contribution in [2.75, 3.05) is 7.11 Å². The minimum atomic E-state index is -1.14. The van der Waals surface area contributed by atoms with Crippen LogP contribution < -0.4 is 20.1 Å². The molecule has 1 aromatic heterocycles. The lowest BCUT2D eigenvalue weighted by Crippen LogP contribution is -2.46. The molecular weight excluding hydrogens is 430 g/mol. The van der Waals surface area contributed by atoms with Crippen LogP contribution >= 0.6 is 0 Å². The molecule has 2 aromatic rings. The topological polar surface area (TPSA) is 129 Å². The van der Waals surface area contributed by atoms with E-state index in [2.05, 4.69) is 15.8 Å². The van der Waals surface area contributed by atoms with Crippen molar-refractivity contribution in [1.82, 2.24) is 15.8 Å². The number of ether oxygens (including phenoxy) is 3. The number of imide groups is 1. The number of amides is 3. The van der Waals surface area contributed by atoms with Crippen molar-refractivity contribution in [3.8, 4) is 11.5 Å².